The minimum atomic E-state index is -0.312. The van der Waals surface area contributed by atoms with E-state index in [2.05, 4.69) is 23.6 Å². The van der Waals surface area contributed by atoms with Crippen LogP contribution in [0.25, 0.3) is 11.0 Å². The number of imidazole rings is 1. The monoisotopic (exact) mass is 464 g/mol. The maximum absolute atomic E-state index is 13.0. The Morgan fingerprint density at radius 3 is 2.65 bits per heavy atom. The Kier molecular flexibility index (Phi) is 5.34. The van der Waals surface area contributed by atoms with Gasteiger partial charge in [0.15, 0.2) is 0 Å². The second-order valence-electron chi connectivity index (χ2n) is 11.1. The highest BCUT2D eigenvalue weighted by atomic mass is 16.5. The third kappa shape index (κ3) is 3.59. The highest BCUT2D eigenvalue weighted by Gasteiger charge is 2.48. The molecule has 4 aliphatic rings. The van der Waals surface area contributed by atoms with Crippen LogP contribution in [0.5, 0.6) is 0 Å². The molecule has 182 valence electrons. The number of rotatable bonds is 3. The molecule has 2 aliphatic carbocycles. The third-order valence-corrected chi connectivity index (χ3v) is 8.92. The van der Waals surface area contributed by atoms with Crippen LogP contribution < -0.4 is 4.90 Å². The average Bonchev–Trinajstić information content (AvgIpc) is 3.49. The van der Waals surface area contributed by atoms with Crippen molar-refractivity contribution in [2.24, 2.45) is 5.41 Å². The third-order valence-electron chi connectivity index (χ3n) is 8.92. The van der Waals surface area contributed by atoms with Crippen molar-refractivity contribution < 1.29 is 14.3 Å². The Hall–Kier alpha value is -2.57. The SMILES string of the molecule is COC(=O)N1c2ccc3c(nc(CN4CCC5(CC5)CC4=O)n3C3CCCCC3)c2CC[C@@H]1C. The lowest BCUT2D eigenvalue weighted by Gasteiger charge is -2.34. The molecule has 1 saturated heterocycles. The molecule has 3 fully saturated rings. The summed E-state index contributed by atoms with van der Waals surface area (Å²) in [6.07, 6.45) is 11.9. The Morgan fingerprint density at radius 1 is 1.15 bits per heavy atom. The van der Waals surface area contributed by atoms with Crippen molar-refractivity contribution in [2.45, 2.75) is 96.2 Å². The zero-order chi connectivity index (χ0) is 23.4. The maximum Gasteiger partial charge on any atom is 0.414 e. The minimum Gasteiger partial charge on any atom is -0.452 e. The number of hydrogen-bond donors (Lipinski definition) is 0. The zero-order valence-corrected chi connectivity index (χ0v) is 20.5. The zero-order valence-electron chi connectivity index (χ0n) is 20.5. The number of piperidine rings is 1. The van der Waals surface area contributed by atoms with Crippen molar-refractivity contribution in [1.29, 1.82) is 0 Å². The second kappa shape index (κ2) is 8.28. The normalized spacial score (nSPS) is 24.5. The lowest BCUT2D eigenvalue weighted by Crippen LogP contribution is -2.42. The fraction of sp³-hybridized carbons (Fsp3) is 0.667. The molecule has 1 aromatic carbocycles. The van der Waals surface area contributed by atoms with E-state index in [0.29, 0.717) is 30.3 Å². The van der Waals surface area contributed by atoms with Gasteiger partial charge in [0, 0.05) is 30.6 Å². The molecule has 1 spiro atoms. The molecule has 1 aromatic heterocycles. The molecule has 0 bridgehead atoms. The van der Waals surface area contributed by atoms with Gasteiger partial charge in [0.2, 0.25) is 5.91 Å². The molecule has 1 atom stereocenters. The number of carbonyl (C=O) groups excluding carboxylic acids is 2. The summed E-state index contributed by atoms with van der Waals surface area (Å²) in [5.74, 6) is 1.30. The smallest absolute Gasteiger partial charge is 0.414 e. The molecule has 0 radical (unpaired) electrons. The molecule has 34 heavy (non-hydrogen) atoms. The van der Waals surface area contributed by atoms with Crippen LogP contribution in [0.15, 0.2) is 12.1 Å². The first-order valence-corrected chi connectivity index (χ1v) is 13.2. The van der Waals surface area contributed by atoms with E-state index in [1.165, 1.54) is 39.2 Å². The Balaban J connectivity index is 1.42. The Bertz CT molecular complexity index is 1130. The fourth-order valence-corrected chi connectivity index (χ4v) is 6.64. The highest BCUT2D eigenvalue weighted by Crippen LogP contribution is 2.54. The first kappa shape index (κ1) is 21.9. The molecule has 7 heteroatoms. The van der Waals surface area contributed by atoms with Gasteiger partial charge in [-0.1, -0.05) is 19.3 Å². The van der Waals surface area contributed by atoms with Crippen LogP contribution in [0.3, 0.4) is 0 Å². The van der Waals surface area contributed by atoms with Crippen LogP contribution in [0.1, 0.15) is 88.6 Å². The average molecular weight is 465 g/mol. The molecular formula is C27H36N4O3. The van der Waals surface area contributed by atoms with Crippen LogP contribution in [0.4, 0.5) is 10.5 Å². The van der Waals surface area contributed by atoms with Gasteiger partial charge in [0.25, 0.3) is 0 Å². The second-order valence-corrected chi connectivity index (χ2v) is 11.1. The minimum absolute atomic E-state index is 0.0954. The highest BCUT2D eigenvalue weighted by molar-refractivity contribution is 5.95. The number of carbonyl (C=O) groups is 2. The van der Waals surface area contributed by atoms with E-state index < -0.39 is 0 Å². The van der Waals surface area contributed by atoms with Gasteiger partial charge >= 0.3 is 6.09 Å². The van der Waals surface area contributed by atoms with E-state index in [1.807, 2.05) is 4.90 Å². The first-order chi connectivity index (χ1) is 16.5. The predicted molar refractivity (Wildman–Crippen MR) is 131 cm³/mol. The summed E-state index contributed by atoms with van der Waals surface area (Å²) in [6.45, 7) is 3.51. The molecule has 0 N–H and O–H groups in total. The summed E-state index contributed by atoms with van der Waals surface area (Å²) in [6, 6.07) is 4.75. The lowest BCUT2D eigenvalue weighted by atomic mass is 9.93. The van der Waals surface area contributed by atoms with E-state index in [1.54, 1.807) is 4.90 Å². The topological polar surface area (TPSA) is 67.7 Å². The molecule has 7 nitrogen and oxygen atoms in total. The fourth-order valence-electron chi connectivity index (χ4n) is 6.64. The summed E-state index contributed by atoms with van der Waals surface area (Å²) in [7, 11) is 1.44. The molecule has 6 rings (SSSR count). The van der Waals surface area contributed by atoms with E-state index in [4.69, 9.17) is 9.72 Å². The Labute approximate surface area is 201 Å². The van der Waals surface area contributed by atoms with Crippen molar-refractivity contribution in [1.82, 2.24) is 14.5 Å². The van der Waals surface area contributed by atoms with Gasteiger partial charge in [0.1, 0.15) is 5.82 Å². The molecule has 2 aliphatic heterocycles. The summed E-state index contributed by atoms with van der Waals surface area (Å²) in [5, 5.41) is 0. The number of hydrogen-bond acceptors (Lipinski definition) is 4. The summed E-state index contributed by atoms with van der Waals surface area (Å²) >= 11 is 0. The number of nitrogens with zero attached hydrogens (tertiary/aromatic N) is 4. The van der Waals surface area contributed by atoms with E-state index in [0.717, 1.165) is 66.8 Å². The molecule has 2 aromatic rings. The largest absolute Gasteiger partial charge is 0.452 e. The standard InChI is InChI=1S/C27H36N4O3/c1-18-8-9-20-21(30(18)26(33)34-2)10-11-22-25(20)28-23(31(22)19-6-4-3-5-7-19)17-29-15-14-27(12-13-27)16-24(29)32/h10-11,18-19H,3-9,12-17H2,1-2H3/t18-/m0/s1. The number of fused-ring (bicyclic) bond motifs is 3. The number of ether oxygens (including phenoxy) is 1. The molecule has 0 unspecified atom stereocenters. The predicted octanol–water partition coefficient (Wildman–Crippen LogP) is 5.35. The van der Waals surface area contributed by atoms with Crippen molar-refractivity contribution in [2.75, 3.05) is 18.6 Å². The van der Waals surface area contributed by atoms with Crippen LogP contribution in [-0.4, -0.2) is 46.1 Å². The molecule has 2 saturated carbocycles. The van der Waals surface area contributed by atoms with Crippen LogP contribution in [0, 0.1) is 5.41 Å². The summed E-state index contributed by atoms with van der Waals surface area (Å²) < 4.78 is 7.55. The van der Waals surface area contributed by atoms with Gasteiger partial charge in [-0.15, -0.1) is 0 Å². The van der Waals surface area contributed by atoms with Crippen LogP contribution >= 0.6 is 0 Å². The summed E-state index contributed by atoms with van der Waals surface area (Å²) in [4.78, 5) is 34.6. The van der Waals surface area contributed by atoms with Crippen LogP contribution in [0.2, 0.25) is 0 Å². The van der Waals surface area contributed by atoms with Gasteiger partial charge in [-0.25, -0.2) is 9.78 Å². The van der Waals surface area contributed by atoms with Crippen molar-refractivity contribution in [3.05, 3.63) is 23.5 Å². The number of likely N-dealkylation sites (tertiary alicyclic amines) is 1. The van der Waals surface area contributed by atoms with E-state index in [-0.39, 0.29) is 12.1 Å². The van der Waals surface area contributed by atoms with Crippen LogP contribution in [-0.2, 0) is 22.5 Å². The van der Waals surface area contributed by atoms with Gasteiger partial charge in [-0.2, -0.15) is 0 Å². The Morgan fingerprint density at radius 2 is 1.94 bits per heavy atom. The number of aromatic nitrogens is 2. The number of amides is 2. The quantitative estimate of drug-likeness (QED) is 0.614. The van der Waals surface area contributed by atoms with E-state index >= 15 is 0 Å². The van der Waals surface area contributed by atoms with Crippen molar-refractivity contribution in [3.8, 4) is 0 Å². The van der Waals surface area contributed by atoms with Gasteiger partial charge < -0.3 is 14.2 Å². The van der Waals surface area contributed by atoms with Gasteiger partial charge in [-0.05, 0) is 69.4 Å². The maximum atomic E-state index is 13.0. The molecule has 3 heterocycles. The number of methoxy groups -OCH3 is 1. The summed E-state index contributed by atoms with van der Waals surface area (Å²) in [5.41, 5.74) is 4.54. The number of benzene rings is 1. The van der Waals surface area contributed by atoms with Gasteiger partial charge in [-0.3, -0.25) is 9.69 Å². The lowest BCUT2D eigenvalue weighted by molar-refractivity contribution is -0.136. The van der Waals surface area contributed by atoms with Crippen molar-refractivity contribution >= 4 is 28.7 Å². The molecular weight excluding hydrogens is 428 g/mol. The number of aryl methyl sites for hydroxylation is 1. The van der Waals surface area contributed by atoms with Crippen molar-refractivity contribution in [3.63, 3.8) is 0 Å². The van der Waals surface area contributed by atoms with E-state index in [9.17, 15) is 9.59 Å². The number of anilines is 1. The molecule has 2 amide bonds. The first-order valence-electron chi connectivity index (χ1n) is 13.2. The van der Waals surface area contributed by atoms with Gasteiger partial charge in [0.05, 0.1) is 30.4 Å².